The second kappa shape index (κ2) is 7.90. The Morgan fingerprint density at radius 1 is 1.18 bits per heavy atom. The number of esters is 2. The molecule has 0 bridgehead atoms. The molecule has 0 saturated heterocycles. The summed E-state index contributed by atoms with van der Waals surface area (Å²) in [6, 6.07) is 9.43. The molecule has 0 radical (unpaired) electrons. The normalized spacial score (nSPS) is 10.9. The summed E-state index contributed by atoms with van der Waals surface area (Å²) >= 11 is 0. The average Bonchev–Trinajstić information content (AvgIpc) is 2.43. The zero-order valence-electron chi connectivity index (χ0n) is 12.8. The van der Waals surface area contributed by atoms with Crippen LogP contribution in [0.5, 0.6) is 0 Å². The van der Waals surface area contributed by atoms with Crippen LogP contribution in [0.3, 0.4) is 0 Å². The average molecular weight is 302 g/mol. The van der Waals surface area contributed by atoms with Crippen molar-refractivity contribution in [3.63, 3.8) is 0 Å². The van der Waals surface area contributed by atoms with Gasteiger partial charge in [0.25, 0.3) is 0 Å². The minimum absolute atomic E-state index is 0.0600. The standard InChI is InChI=1S/C16H18N2O4/c1-16(2,3)22-15(20)13(18-17)14(19)21-11-7-10-12-8-5-4-6-9-12/h4-10H,11H2,1-3H3/b10-7-. The molecule has 0 spiro atoms. The molecule has 1 aromatic carbocycles. The van der Waals surface area contributed by atoms with Gasteiger partial charge in [-0.25, -0.2) is 9.59 Å². The van der Waals surface area contributed by atoms with Crippen molar-refractivity contribution in [2.75, 3.05) is 6.61 Å². The lowest BCUT2D eigenvalue weighted by atomic mass is 10.2. The second-order valence-corrected chi connectivity index (χ2v) is 5.36. The second-order valence-electron chi connectivity index (χ2n) is 5.36. The fourth-order valence-corrected chi connectivity index (χ4v) is 1.43. The highest BCUT2D eigenvalue weighted by Gasteiger charge is 2.35. The largest absolute Gasteiger partial charge is 0.482 e. The first-order chi connectivity index (χ1) is 10.3. The van der Waals surface area contributed by atoms with Crippen LogP contribution in [0.1, 0.15) is 26.3 Å². The highest BCUT2D eigenvalue weighted by atomic mass is 16.6. The van der Waals surface area contributed by atoms with Gasteiger partial charge in [0.1, 0.15) is 12.2 Å². The van der Waals surface area contributed by atoms with Crippen molar-refractivity contribution in [3.05, 3.63) is 47.5 Å². The van der Waals surface area contributed by atoms with Crippen molar-refractivity contribution in [2.24, 2.45) is 0 Å². The van der Waals surface area contributed by atoms with Crippen LogP contribution in [0.25, 0.3) is 11.6 Å². The van der Waals surface area contributed by atoms with Crippen molar-refractivity contribution in [1.29, 1.82) is 0 Å². The van der Waals surface area contributed by atoms with Crippen molar-refractivity contribution in [3.8, 4) is 0 Å². The summed E-state index contributed by atoms with van der Waals surface area (Å²) in [7, 11) is 0. The van der Waals surface area contributed by atoms with Gasteiger partial charge in [-0.15, -0.1) is 0 Å². The number of rotatable bonds is 5. The van der Waals surface area contributed by atoms with Crippen LogP contribution >= 0.6 is 0 Å². The van der Waals surface area contributed by atoms with Gasteiger partial charge in [-0.3, -0.25) is 0 Å². The van der Waals surface area contributed by atoms with Crippen molar-refractivity contribution < 1.29 is 23.9 Å². The van der Waals surface area contributed by atoms with E-state index in [0.29, 0.717) is 0 Å². The molecule has 0 atom stereocenters. The van der Waals surface area contributed by atoms with Crippen LogP contribution in [-0.4, -0.2) is 34.6 Å². The molecule has 0 aliphatic heterocycles. The van der Waals surface area contributed by atoms with Gasteiger partial charge in [0.15, 0.2) is 0 Å². The summed E-state index contributed by atoms with van der Waals surface area (Å²) in [6.45, 7) is 4.84. The predicted molar refractivity (Wildman–Crippen MR) is 80.9 cm³/mol. The lowest BCUT2D eigenvalue weighted by molar-refractivity contribution is -0.155. The van der Waals surface area contributed by atoms with E-state index in [0.717, 1.165) is 5.56 Å². The van der Waals surface area contributed by atoms with E-state index in [2.05, 4.69) is 4.79 Å². The first kappa shape index (κ1) is 17.3. The van der Waals surface area contributed by atoms with E-state index in [9.17, 15) is 9.59 Å². The molecule has 6 heteroatoms. The van der Waals surface area contributed by atoms with Gasteiger partial charge in [-0.2, -0.15) is 4.79 Å². The Morgan fingerprint density at radius 2 is 1.82 bits per heavy atom. The summed E-state index contributed by atoms with van der Waals surface area (Å²) in [5, 5.41) is 0. The molecule has 6 nitrogen and oxygen atoms in total. The van der Waals surface area contributed by atoms with Crippen LogP contribution in [0.15, 0.2) is 36.4 Å². The number of ether oxygens (including phenoxy) is 2. The smallest absolute Gasteiger partial charge is 0.452 e. The molecule has 0 unspecified atom stereocenters. The Morgan fingerprint density at radius 3 is 2.36 bits per heavy atom. The maximum Gasteiger partial charge on any atom is 0.482 e. The topological polar surface area (TPSA) is 89.0 Å². The van der Waals surface area contributed by atoms with Crippen molar-refractivity contribution in [1.82, 2.24) is 0 Å². The van der Waals surface area contributed by atoms with E-state index in [1.165, 1.54) is 0 Å². The first-order valence-electron chi connectivity index (χ1n) is 6.67. The Kier molecular flexibility index (Phi) is 6.23. The number of carbonyl (C=O) groups excluding carboxylic acids is 2. The third kappa shape index (κ3) is 6.15. The van der Waals surface area contributed by atoms with E-state index in [1.54, 1.807) is 32.9 Å². The fraction of sp³-hybridized carbons (Fsp3) is 0.312. The van der Waals surface area contributed by atoms with Crippen molar-refractivity contribution in [2.45, 2.75) is 26.4 Å². The molecule has 116 valence electrons. The minimum atomic E-state index is -1.05. The van der Waals surface area contributed by atoms with E-state index in [1.807, 2.05) is 30.3 Å². The molecule has 0 aromatic heterocycles. The summed E-state index contributed by atoms with van der Waals surface area (Å²) in [5.41, 5.74) is 8.12. The van der Waals surface area contributed by atoms with Crippen LogP contribution in [0.4, 0.5) is 0 Å². The first-order valence-corrected chi connectivity index (χ1v) is 6.67. The van der Waals surface area contributed by atoms with Gasteiger partial charge in [0.05, 0.1) is 0 Å². The van der Waals surface area contributed by atoms with Crippen LogP contribution in [0, 0.1) is 0 Å². The number of hydrogen-bond acceptors (Lipinski definition) is 4. The Labute approximate surface area is 129 Å². The number of benzene rings is 1. The van der Waals surface area contributed by atoms with Crippen LogP contribution in [0.2, 0.25) is 0 Å². The monoisotopic (exact) mass is 302 g/mol. The predicted octanol–water partition coefficient (Wildman–Crippen LogP) is 2.26. The maximum atomic E-state index is 11.7. The van der Waals surface area contributed by atoms with Gasteiger partial charge < -0.3 is 15.0 Å². The highest BCUT2D eigenvalue weighted by Crippen LogP contribution is 2.07. The molecular weight excluding hydrogens is 284 g/mol. The van der Waals surface area contributed by atoms with Gasteiger partial charge in [0.2, 0.25) is 0 Å². The molecule has 0 amide bonds. The summed E-state index contributed by atoms with van der Waals surface area (Å²) in [6.07, 6.45) is 3.37. The zero-order valence-corrected chi connectivity index (χ0v) is 12.8. The lowest BCUT2D eigenvalue weighted by Crippen LogP contribution is -2.34. The number of hydrogen-bond donors (Lipinski definition) is 0. The van der Waals surface area contributed by atoms with Crippen LogP contribution in [-0.2, 0) is 19.1 Å². The Balaban J connectivity index is 2.55. The van der Waals surface area contributed by atoms with Gasteiger partial charge >= 0.3 is 17.7 Å². The lowest BCUT2D eigenvalue weighted by Gasteiger charge is -2.17. The maximum absolute atomic E-state index is 11.7. The summed E-state index contributed by atoms with van der Waals surface area (Å²) < 4.78 is 9.77. The van der Waals surface area contributed by atoms with E-state index in [4.69, 9.17) is 15.0 Å². The molecular formula is C16H18N2O4. The number of carbonyl (C=O) groups is 2. The van der Waals surface area contributed by atoms with E-state index in [-0.39, 0.29) is 6.61 Å². The summed E-state index contributed by atoms with van der Waals surface area (Å²) in [5.74, 6) is -2.08. The Hall–Kier alpha value is -2.72. The molecule has 0 aliphatic rings. The molecule has 1 aromatic rings. The van der Waals surface area contributed by atoms with Gasteiger partial charge in [-0.05, 0) is 32.4 Å². The van der Waals surface area contributed by atoms with Gasteiger partial charge in [0, 0.05) is 0 Å². The molecule has 1 rings (SSSR count). The molecule has 0 aliphatic carbocycles. The number of nitrogens with zero attached hydrogens (tertiary/aromatic N) is 2. The fourth-order valence-electron chi connectivity index (χ4n) is 1.43. The molecule has 22 heavy (non-hydrogen) atoms. The summed E-state index contributed by atoms with van der Waals surface area (Å²) in [4.78, 5) is 26.0. The van der Waals surface area contributed by atoms with Gasteiger partial charge in [-0.1, -0.05) is 36.4 Å². The SMILES string of the molecule is CC(C)(C)OC(=O)C(=[N+]=[N-])C(=O)OC/C=C\c1ccccc1. The van der Waals surface area contributed by atoms with E-state index < -0.39 is 23.3 Å². The van der Waals surface area contributed by atoms with Crippen molar-refractivity contribution >= 4 is 23.7 Å². The highest BCUT2D eigenvalue weighted by molar-refractivity contribution is 6.60. The van der Waals surface area contributed by atoms with Crippen LogP contribution < -0.4 is 0 Å². The zero-order chi connectivity index (χ0) is 16.6. The molecule has 0 N–H and O–H groups in total. The molecule has 0 saturated carbocycles. The van der Waals surface area contributed by atoms with E-state index >= 15 is 0 Å². The molecule has 0 fully saturated rings. The minimum Gasteiger partial charge on any atom is -0.452 e. The third-order valence-electron chi connectivity index (χ3n) is 2.31. The Bertz CT molecular complexity index is 609. The molecule has 0 heterocycles. The third-order valence-corrected chi connectivity index (χ3v) is 2.31. The quantitative estimate of drug-likeness (QED) is 0.274.